The number of hydrogen-bond acceptors (Lipinski definition) is 4. The van der Waals surface area contributed by atoms with Crippen molar-refractivity contribution < 1.29 is 4.79 Å². The van der Waals surface area contributed by atoms with Crippen LogP contribution >= 0.6 is 23.5 Å². The van der Waals surface area contributed by atoms with Crippen LogP contribution in [0.25, 0.3) is 0 Å². The predicted octanol–water partition coefficient (Wildman–Crippen LogP) is 0.885. The third-order valence-corrected chi connectivity index (χ3v) is 5.30. The summed E-state index contributed by atoms with van der Waals surface area (Å²) in [6.07, 6.45) is 4.66. The molecule has 16 heavy (non-hydrogen) atoms. The van der Waals surface area contributed by atoms with E-state index in [-0.39, 0.29) is 10.5 Å². The van der Waals surface area contributed by atoms with E-state index in [1.807, 2.05) is 19.4 Å². The smallest absolute Gasteiger partial charge is 0.243 e. The Balaban J connectivity index is 1.69. The Morgan fingerprint density at radius 1 is 1.62 bits per heavy atom. The second-order valence-electron chi connectivity index (χ2n) is 3.64. The molecule has 1 aliphatic heterocycles. The van der Waals surface area contributed by atoms with E-state index in [0.717, 1.165) is 23.5 Å². The molecule has 0 bridgehead atoms. The minimum atomic E-state index is 0.105. The normalized spacial score (nSPS) is 16.6. The molecule has 88 valence electrons. The van der Waals surface area contributed by atoms with Crippen LogP contribution in [0.5, 0.6) is 0 Å². The van der Waals surface area contributed by atoms with Crippen LogP contribution in [-0.2, 0) is 18.3 Å². The molecule has 1 aliphatic rings. The fourth-order valence-corrected chi connectivity index (χ4v) is 4.15. The molecule has 1 aromatic heterocycles. The summed E-state index contributed by atoms with van der Waals surface area (Å²) >= 11 is 3.47. The molecule has 1 amide bonds. The fourth-order valence-electron chi connectivity index (χ4n) is 1.52. The summed E-state index contributed by atoms with van der Waals surface area (Å²) in [5, 5.41) is 7.05. The first-order valence-electron chi connectivity index (χ1n) is 5.24. The second kappa shape index (κ2) is 5.63. The molecule has 2 rings (SSSR count). The lowest BCUT2D eigenvalue weighted by molar-refractivity contribution is -0.119. The van der Waals surface area contributed by atoms with E-state index in [2.05, 4.69) is 10.4 Å². The predicted molar refractivity (Wildman–Crippen MR) is 68.6 cm³/mol. The molecule has 0 atom stereocenters. The Bertz CT molecular complexity index is 361. The van der Waals surface area contributed by atoms with Crippen LogP contribution in [0.4, 0.5) is 0 Å². The van der Waals surface area contributed by atoms with Crippen LogP contribution < -0.4 is 5.32 Å². The van der Waals surface area contributed by atoms with Crippen LogP contribution in [0.2, 0.25) is 0 Å². The van der Waals surface area contributed by atoms with Gasteiger partial charge in [-0.3, -0.25) is 9.48 Å². The Kier molecular flexibility index (Phi) is 4.17. The van der Waals surface area contributed by atoms with Crippen molar-refractivity contribution in [1.29, 1.82) is 0 Å². The largest absolute Gasteiger partial charge is 0.354 e. The first kappa shape index (κ1) is 11.9. The molecule has 6 heteroatoms. The molecule has 0 unspecified atom stereocenters. The molecule has 4 nitrogen and oxygen atoms in total. The molecule has 1 fully saturated rings. The molecule has 0 aromatic carbocycles. The maximum atomic E-state index is 11.7. The molecule has 1 N–H and O–H groups in total. The van der Waals surface area contributed by atoms with Crippen LogP contribution in [0.15, 0.2) is 12.4 Å². The number of rotatable bonds is 4. The van der Waals surface area contributed by atoms with Crippen molar-refractivity contribution in [3.63, 3.8) is 0 Å². The van der Waals surface area contributed by atoms with Crippen molar-refractivity contribution in [3.8, 4) is 0 Å². The monoisotopic (exact) mass is 257 g/mol. The maximum Gasteiger partial charge on any atom is 0.243 e. The molecule has 1 saturated heterocycles. The highest BCUT2D eigenvalue weighted by Crippen LogP contribution is 2.31. The zero-order chi connectivity index (χ0) is 11.4. The molecular formula is C10H15N3OS2. The number of nitrogens with zero attached hydrogens (tertiary/aromatic N) is 2. The van der Waals surface area contributed by atoms with E-state index in [1.54, 1.807) is 28.2 Å². The van der Waals surface area contributed by atoms with Gasteiger partial charge in [-0.2, -0.15) is 5.10 Å². The Hall–Kier alpha value is -0.620. The molecular weight excluding hydrogens is 242 g/mol. The van der Waals surface area contributed by atoms with Crippen LogP contribution in [-0.4, -0.2) is 38.3 Å². The summed E-state index contributed by atoms with van der Waals surface area (Å²) in [5.74, 6) is 2.34. The van der Waals surface area contributed by atoms with E-state index in [0.29, 0.717) is 6.54 Å². The minimum absolute atomic E-state index is 0.105. The highest BCUT2D eigenvalue weighted by molar-refractivity contribution is 8.21. The van der Waals surface area contributed by atoms with Gasteiger partial charge in [-0.05, 0) is 12.0 Å². The van der Waals surface area contributed by atoms with E-state index < -0.39 is 0 Å². The van der Waals surface area contributed by atoms with Crippen molar-refractivity contribution in [2.24, 2.45) is 7.05 Å². The standard InChI is InChI=1S/C10H15N3OS2/c1-13-7-8(6-12-13)2-3-11-9(14)10-15-4-5-16-10/h6-7,10H,2-5H2,1H3,(H,11,14). The molecule has 1 aromatic rings. The molecule has 0 saturated carbocycles. The Morgan fingerprint density at radius 3 is 3.00 bits per heavy atom. The van der Waals surface area contributed by atoms with E-state index in [9.17, 15) is 4.79 Å². The van der Waals surface area contributed by atoms with Crippen LogP contribution in [0.1, 0.15) is 5.56 Å². The second-order valence-corrected chi connectivity index (χ2v) is 6.36. The average molecular weight is 257 g/mol. The summed E-state index contributed by atoms with van der Waals surface area (Å²) in [6.45, 7) is 0.697. The van der Waals surface area contributed by atoms with Crippen LogP contribution in [0, 0.1) is 0 Å². The van der Waals surface area contributed by atoms with Gasteiger partial charge in [0.1, 0.15) is 4.58 Å². The lowest BCUT2D eigenvalue weighted by Gasteiger charge is -2.08. The number of carbonyl (C=O) groups is 1. The zero-order valence-corrected chi connectivity index (χ0v) is 10.8. The van der Waals surface area contributed by atoms with Gasteiger partial charge in [0, 0.05) is 31.3 Å². The third-order valence-electron chi connectivity index (χ3n) is 2.31. The third kappa shape index (κ3) is 3.18. The summed E-state index contributed by atoms with van der Waals surface area (Å²) in [4.78, 5) is 11.7. The van der Waals surface area contributed by atoms with Gasteiger partial charge in [-0.1, -0.05) is 0 Å². The number of thioether (sulfide) groups is 2. The zero-order valence-electron chi connectivity index (χ0n) is 9.18. The molecule has 0 aliphatic carbocycles. The summed E-state index contributed by atoms with van der Waals surface area (Å²) in [7, 11) is 1.90. The average Bonchev–Trinajstić information content (AvgIpc) is 2.89. The van der Waals surface area contributed by atoms with Crippen molar-refractivity contribution in [1.82, 2.24) is 15.1 Å². The maximum absolute atomic E-state index is 11.7. The number of aryl methyl sites for hydroxylation is 1. The number of nitrogens with one attached hydrogen (secondary N) is 1. The van der Waals surface area contributed by atoms with Crippen molar-refractivity contribution >= 4 is 29.4 Å². The molecule has 2 heterocycles. The number of carbonyl (C=O) groups excluding carboxylic acids is 1. The van der Waals surface area contributed by atoms with Gasteiger partial charge in [0.05, 0.1) is 6.20 Å². The van der Waals surface area contributed by atoms with Gasteiger partial charge in [0.2, 0.25) is 5.91 Å². The highest BCUT2D eigenvalue weighted by Gasteiger charge is 2.23. The minimum Gasteiger partial charge on any atom is -0.354 e. The summed E-state index contributed by atoms with van der Waals surface area (Å²) < 4.78 is 1.88. The molecule has 0 spiro atoms. The van der Waals surface area contributed by atoms with E-state index >= 15 is 0 Å². The lowest BCUT2D eigenvalue weighted by Crippen LogP contribution is -2.31. The van der Waals surface area contributed by atoms with Crippen molar-refractivity contribution in [3.05, 3.63) is 18.0 Å². The van der Waals surface area contributed by atoms with Crippen molar-refractivity contribution in [2.75, 3.05) is 18.1 Å². The first-order valence-corrected chi connectivity index (χ1v) is 7.34. The number of aromatic nitrogens is 2. The van der Waals surface area contributed by atoms with Crippen LogP contribution in [0.3, 0.4) is 0 Å². The number of hydrogen-bond donors (Lipinski definition) is 1. The van der Waals surface area contributed by atoms with Gasteiger partial charge in [0.15, 0.2) is 0 Å². The molecule has 0 radical (unpaired) electrons. The van der Waals surface area contributed by atoms with Gasteiger partial charge in [-0.15, -0.1) is 23.5 Å². The topological polar surface area (TPSA) is 46.9 Å². The first-order chi connectivity index (χ1) is 7.75. The van der Waals surface area contributed by atoms with Crippen molar-refractivity contribution in [2.45, 2.75) is 11.0 Å². The Labute approximate surface area is 104 Å². The summed E-state index contributed by atoms with van der Waals surface area (Å²) in [5.41, 5.74) is 1.16. The van der Waals surface area contributed by atoms with E-state index in [4.69, 9.17) is 0 Å². The van der Waals surface area contributed by atoms with Gasteiger partial charge in [0.25, 0.3) is 0 Å². The lowest BCUT2D eigenvalue weighted by atomic mass is 10.2. The fraction of sp³-hybridized carbons (Fsp3) is 0.600. The summed E-state index contributed by atoms with van der Waals surface area (Å²) in [6, 6.07) is 0. The van der Waals surface area contributed by atoms with E-state index in [1.165, 1.54) is 0 Å². The SMILES string of the molecule is Cn1cc(CCNC(=O)C2SCCS2)cn1. The quantitative estimate of drug-likeness (QED) is 0.870. The van der Waals surface area contributed by atoms with Gasteiger partial charge < -0.3 is 5.32 Å². The number of amides is 1. The highest BCUT2D eigenvalue weighted by atomic mass is 32.2. The van der Waals surface area contributed by atoms with Gasteiger partial charge >= 0.3 is 0 Å². The van der Waals surface area contributed by atoms with Gasteiger partial charge in [-0.25, -0.2) is 0 Å². The Morgan fingerprint density at radius 2 is 2.38 bits per heavy atom.